The molecule has 2 saturated heterocycles. The van der Waals surface area contributed by atoms with E-state index in [4.69, 9.17) is 4.74 Å². The third kappa shape index (κ3) is 3.41. The number of ether oxygens (including phenoxy) is 1. The third-order valence-electron chi connectivity index (χ3n) is 4.42. The van der Waals surface area contributed by atoms with Crippen molar-refractivity contribution in [3.63, 3.8) is 0 Å². The molecule has 23 heavy (non-hydrogen) atoms. The molecule has 8 heteroatoms. The van der Waals surface area contributed by atoms with Crippen molar-refractivity contribution in [3.05, 3.63) is 29.6 Å². The molecule has 1 aromatic heterocycles. The van der Waals surface area contributed by atoms with Crippen LogP contribution in [0.1, 0.15) is 11.4 Å². The summed E-state index contributed by atoms with van der Waals surface area (Å²) in [6.07, 6.45) is -0.0664. The van der Waals surface area contributed by atoms with Crippen LogP contribution in [-0.4, -0.2) is 79.4 Å². The maximum atomic E-state index is 12.5. The second kappa shape index (κ2) is 6.45. The van der Waals surface area contributed by atoms with Crippen LogP contribution in [0, 0.1) is 6.92 Å². The summed E-state index contributed by atoms with van der Waals surface area (Å²) in [6.45, 7) is 4.96. The molecule has 2 atom stereocenters. The Balaban J connectivity index is 1.73. The minimum Gasteiger partial charge on any atom is -0.374 e. The normalized spacial score (nSPS) is 26.6. The van der Waals surface area contributed by atoms with Gasteiger partial charge in [-0.2, -0.15) is 17.0 Å². The van der Waals surface area contributed by atoms with Crippen molar-refractivity contribution < 1.29 is 13.2 Å². The zero-order valence-electron chi connectivity index (χ0n) is 13.8. The highest BCUT2D eigenvalue weighted by Crippen LogP contribution is 2.26. The number of morpholine rings is 1. The second-order valence-electron chi connectivity index (χ2n) is 6.34. The van der Waals surface area contributed by atoms with Crippen molar-refractivity contribution >= 4 is 10.2 Å². The highest BCUT2D eigenvalue weighted by atomic mass is 32.2. The van der Waals surface area contributed by atoms with Crippen LogP contribution in [0.5, 0.6) is 0 Å². The number of aryl methyl sites for hydroxylation is 1. The summed E-state index contributed by atoms with van der Waals surface area (Å²) >= 11 is 0. The van der Waals surface area contributed by atoms with Gasteiger partial charge in [-0.05, 0) is 19.1 Å². The zero-order chi connectivity index (χ0) is 16.6. The van der Waals surface area contributed by atoms with E-state index in [0.717, 1.165) is 17.9 Å². The molecule has 0 bridgehead atoms. The lowest BCUT2D eigenvalue weighted by molar-refractivity contribution is -0.0176. The molecular formula is C15H24N4O3S. The summed E-state index contributed by atoms with van der Waals surface area (Å²) in [5.41, 5.74) is 2.00. The first kappa shape index (κ1) is 16.8. The fourth-order valence-electron chi connectivity index (χ4n) is 3.27. The van der Waals surface area contributed by atoms with Crippen molar-refractivity contribution in [2.24, 2.45) is 0 Å². The fourth-order valence-corrected chi connectivity index (χ4v) is 4.54. The molecule has 0 radical (unpaired) electrons. The van der Waals surface area contributed by atoms with Gasteiger partial charge in [0.25, 0.3) is 10.2 Å². The van der Waals surface area contributed by atoms with Gasteiger partial charge in [-0.1, -0.05) is 6.07 Å². The predicted octanol–water partition coefficient (Wildman–Crippen LogP) is 0.0814. The molecule has 0 unspecified atom stereocenters. The molecule has 0 aromatic carbocycles. The van der Waals surface area contributed by atoms with E-state index in [9.17, 15) is 8.42 Å². The summed E-state index contributed by atoms with van der Waals surface area (Å²) in [5.74, 6) is 0. The third-order valence-corrected chi connectivity index (χ3v) is 6.38. The van der Waals surface area contributed by atoms with Crippen LogP contribution >= 0.6 is 0 Å². The average molecular weight is 340 g/mol. The maximum Gasteiger partial charge on any atom is 0.281 e. The summed E-state index contributed by atoms with van der Waals surface area (Å²) < 4.78 is 33.7. The molecule has 0 amide bonds. The first-order chi connectivity index (χ1) is 10.9. The smallest absolute Gasteiger partial charge is 0.281 e. The standard InChI is InChI=1S/C15H24N4O3S/c1-12-5-4-6-13(16-12)9-18-10-14-15(11-18)22-8-7-19(14)23(20,21)17(2)3/h4-6,14-15H,7-11H2,1-3H3/t14-,15+/m1/s1. The summed E-state index contributed by atoms with van der Waals surface area (Å²) in [7, 11) is -0.268. The Morgan fingerprint density at radius 3 is 2.83 bits per heavy atom. The van der Waals surface area contributed by atoms with E-state index in [1.54, 1.807) is 18.4 Å². The van der Waals surface area contributed by atoms with Crippen molar-refractivity contribution in [1.82, 2.24) is 18.5 Å². The lowest BCUT2D eigenvalue weighted by Gasteiger charge is -2.37. The van der Waals surface area contributed by atoms with Crippen LogP contribution < -0.4 is 0 Å². The van der Waals surface area contributed by atoms with Crippen molar-refractivity contribution in [2.45, 2.75) is 25.6 Å². The molecule has 2 aliphatic heterocycles. The molecule has 128 valence electrons. The van der Waals surface area contributed by atoms with Gasteiger partial charge in [0, 0.05) is 46.0 Å². The van der Waals surface area contributed by atoms with Gasteiger partial charge in [-0.3, -0.25) is 9.88 Å². The van der Waals surface area contributed by atoms with E-state index in [1.807, 2.05) is 25.1 Å². The van der Waals surface area contributed by atoms with Gasteiger partial charge in [-0.15, -0.1) is 0 Å². The van der Waals surface area contributed by atoms with E-state index in [0.29, 0.717) is 26.2 Å². The molecule has 2 aliphatic rings. The Bertz CT molecular complexity index is 664. The molecule has 1 aromatic rings. The molecule has 3 rings (SSSR count). The number of nitrogens with zero attached hydrogens (tertiary/aromatic N) is 4. The molecule has 2 fully saturated rings. The first-order valence-electron chi connectivity index (χ1n) is 7.84. The van der Waals surface area contributed by atoms with Gasteiger partial charge in [0.1, 0.15) is 0 Å². The minimum atomic E-state index is -3.41. The Labute approximate surface area is 138 Å². The van der Waals surface area contributed by atoms with Crippen LogP contribution in [0.3, 0.4) is 0 Å². The number of aromatic nitrogens is 1. The van der Waals surface area contributed by atoms with Gasteiger partial charge in [0.15, 0.2) is 0 Å². The van der Waals surface area contributed by atoms with E-state index < -0.39 is 10.2 Å². The number of hydrogen-bond donors (Lipinski definition) is 0. The van der Waals surface area contributed by atoms with E-state index in [1.165, 1.54) is 4.31 Å². The van der Waals surface area contributed by atoms with Crippen LogP contribution in [0.15, 0.2) is 18.2 Å². The highest BCUT2D eigenvalue weighted by Gasteiger charge is 2.45. The number of likely N-dealkylation sites (tertiary alicyclic amines) is 1. The Morgan fingerprint density at radius 2 is 2.13 bits per heavy atom. The first-order valence-corrected chi connectivity index (χ1v) is 9.23. The SMILES string of the molecule is Cc1cccc(CN2C[C@@H]3OCCN(S(=O)(=O)N(C)C)[C@@H]3C2)n1. The molecule has 3 heterocycles. The van der Waals surface area contributed by atoms with Crippen molar-refractivity contribution in [1.29, 1.82) is 0 Å². The Morgan fingerprint density at radius 1 is 1.35 bits per heavy atom. The van der Waals surface area contributed by atoms with Crippen LogP contribution in [0.4, 0.5) is 0 Å². The van der Waals surface area contributed by atoms with Crippen LogP contribution in [0.2, 0.25) is 0 Å². The number of rotatable bonds is 4. The van der Waals surface area contributed by atoms with Crippen LogP contribution in [0.25, 0.3) is 0 Å². The number of pyridine rings is 1. The molecule has 0 spiro atoms. The quantitative estimate of drug-likeness (QED) is 0.777. The molecular weight excluding hydrogens is 316 g/mol. The van der Waals surface area contributed by atoms with E-state index in [2.05, 4.69) is 9.88 Å². The zero-order valence-corrected chi connectivity index (χ0v) is 14.7. The number of hydrogen-bond acceptors (Lipinski definition) is 5. The maximum absolute atomic E-state index is 12.5. The highest BCUT2D eigenvalue weighted by molar-refractivity contribution is 7.86. The average Bonchev–Trinajstić information content (AvgIpc) is 2.88. The predicted molar refractivity (Wildman–Crippen MR) is 87.1 cm³/mol. The van der Waals surface area contributed by atoms with Gasteiger partial charge in [0.05, 0.1) is 24.4 Å². The lowest BCUT2D eigenvalue weighted by atomic mass is 10.2. The summed E-state index contributed by atoms with van der Waals surface area (Å²) in [6, 6.07) is 5.85. The van der Waals surface area contributed by atoms with Gasteiger partial charge in [0.2, 0.25) is 0 Å². The van der Waals surface area contributed by atoms with Gasteiger partial charge in [-0.25, -0.2) is 0 Å². The Kier molecular flexibility index (Phi) is 4.70. The van der Waals surface area contributed by atoms with Crippen molar-refractivity contribution in [2.75, 3.05) is 40.3 Å². The molecule has 0 aliphatic carbocycles. The molecule has 0 N–H and O–H groups in total. The van der Waals surface area contributed by atoms with Crippen LogP contribution in [-0.2, 0) is 21.5 Å². The summed E-state index contributed by atoms with van der Waals surface area (Å²) in [5, 5.41) is 0. The summed E-state index contributed by atoms with van der Waals surface area (Å²) in [4.78, 5) is 6.75. The second-order valence-corrected chi connectivity index (χ2v) is 8.44. The van der Waals surface area contributed by atoms with Gasteiger partial charge >= 0.3 is 0 Å². The van der Waals surface area contributed by atoms with Gasteiger partial charge < -0.3 is 4.74 Å². The fraction of sp³-hybridized carbons (Fsp3) is 0.667. The van der Waals surface area contributed by atoms with E-state index in [-0.39, 0.29) is 12.1 Å². The number of fused-ring (bicyclic) bond motifs is 1. The largest absolute Gasteiger partial charge is 0.374 e. The molecule has 0 saturated carbocycles. The topological polar surface area (TPSA) is 66.0 Å². The lowest BCUT2D eigenvalue weighted by Crippen LogP contribution is -2.55. The molecule has 7 nitrogen and oxygen atoms in total. The van der Waals surface area contributed by atoms with E-state index >= 15 is 0 Å². The Hall–Kier alpha value is -1.06. The minimum absolute atomic E-state index is 0.0664. The monoisotopic (exact) mass is 340 g/mol. The van der Waals surface area contributed by atoms with Crippen molar-refractivity contribution in [3.8, 4) is 0 Å².